The first-order valence-electron chi connectivity index (χ1n) is 11.3. The van der Waals surface area contributed by atoms with E-state index in [1.807, 2.05) is 13.8 Å². The Morgan fingerprint density at radius 3 is 2.65 bits per heavy atom. The predicted octanol–water partition coefficient (Wildman–Crippen LogP) is 3.78. The third kappa shape index (κ3) is 4.94. The van der Waals surface area contributed by atoms with Crippen LogP contribution in [-0.2, 0) is 19.1 Å². The van der Waals surface area contributed by atoms with E-state index in [0.29, 0.717) is 35.9 Å². The largest absolute Gasteiger partial charge is 0.419 e. The molecule has 1 saturated heterocycles. The molecular formula is C23H28F4N6O. The number of carbonyl (C=O) groups excluding carboxylic acids is 1. The van der Waals surface area contributed by atoms with Crippen molar-refractivity contribution in [2.24, 2.45) is 5.73 Å². The van der Waals surface area contributed by atoms with E-state index in [1.165, 1.54) is 11.0 Å². The fourth-order valence-corrected chi connectivity index (χ4v) is 4.76. The van der Waals surface area contributed by atoms with Gasteiger partial charge in [0.25, 0.3) is 0 Å². The number of alkyl halides is 3. The van der Waals surface area contributed by atoms with Crippen molar-refractivity contribution in [1.82, 2.24) is 20.2 Å². The van der Waals surface area contributed by atoms with E-state index >= 15 is 0 Å². The van der Waals surface area contributed by atoms with Crippen molar-refractivity contribution in [3.63, 3.8) is 0 Å². The molecule has 7 nitrogen and oxygen atoms in total. The minimum Gasteiger partial charge on any atom is -0.352 e. The summed E-state index contributed by atoms with van der Waals surface area (Å²) in [5.74, 6) is -1.44. The maximum atomic E-state index is 14.6. The van der Waals surface area contributed by atoms with Gasteiger partial charge in [-0.2, -0.15) is 13.2 Å². The van der Waals surface area contributed by atoms with E-state index in [9.17, 15) is 22.4 Å². The Morgan fingerprint density at radius 1 is 1.29 bits per heavy atom. The number of hydrogen-bond acceptors (Lipinski definition) is 5. The van der Waals surface area contributed by atoms with Gasteiger partial charge in [0.05, 0.1) is 23.5 Å². The average molecular weight is 481 g/mol. The van der Waals surface area contributed by atoms with Crippen LogP contribution >= 0.6 is 0 Å². The second-order valence-electron chi connectivity index (χ2n) is 9.08. The van der Waals surface area contributed by atoms with Crippen LogP contribution in [0.2, 0.25) is 0 Å². The molecule has 2 amide bonds. The Balaban J connectivity index is 1.86. The van der Waals surface area contributed by atoms with Crippen molar-refractivity contribution in [2.75, 3.05) is 18.4 Å². The van der Waals surface area contributed by atoms with E-state index in [4.69, 9.17) is 10.7 Å². The quantitative estimate of drug-likeness (QED) is 0.566. The number of anilines is 1. The van der Waals surface area contributed by atoms with Crippen LogP contribution in [0, 0.1) is 5.82 Å². The van der Waals surface area contributed by atoms with Crippen LogP contribution in [0.3, 0.4) is 0 Å². The highest BCUT2D eigenvalue weighted by molar-refractivity contribution is 5.72. The molecule has 0 bridgehead atoms. The fourth-order valence-electron chi connectivity index (χ4n) is 4.76. The van der Waals surface area contributed by atoms with Gasteiger partial charge in [-0.1, -0.05) is 6.07 Å². The molecule has 0 radical (unpaired) electrons. The monoisotopic (exact) mass is 480 g/mol. The lowest BCUT2D eigenvalue weighted by Gasteiger charge is -2.32. The molecule has 2 aliphatic heterocycles. The van der Waals surface area contributed by atoms with Crippen molar-refractivity contribution in [1.29, 1.82) is 0 Å². The molecule has 0 spiro atoms. The Morgan fingerprint density at radius 2 is 2.06 bits per heavy atom. The third-order valence-corrected chi connectivity index (χ3v) is 6.28. The molecule has 2 atom stereocenters. The SMILES string of the molecule is CC(C)Nc1nc2c(c([C@@H](c3ccc(C(F)(F)F)c(F)c3)[C@H]3CCCN3)n1)CCN(C(N)=O)C2. The van der Waals surface area contributed by atoms with Gasteiger partial charge in [0.1, 0.15) is 5.82 Å². The molecule has 3 heterocycles. The Labute approximate surface area is 195 Å². The Hall–Kier alpha value is -2.95. The van der Waals surface area contributed by atoms with Gasteiger partial charge in [-0.05, 0) is 62.9 Å². The number of fused-ring (bicyclic) bond motifs is 1. The maximum Gasteiger partial charge on any atom is 0.419 e. The van der Waals surface area contributed by atoms with Crippen molar-refractivity contribution in [3.05, 3.63) is 52.1 Å². The lowest BCUT2D eigenvalue weighted by Crippen LogP contribution is -2.41. The van der Waals surface area contributed by atoms with Crippen LogP contribution in [0.5, 0.6) is 0 Å². The molecule has 2 aromatic rings. The zero-order valence-corrected chi connectivity index (χ0v) is 19.0. The fraction of sp³-hybridized carbons (Fsp3) is 0.522. The summed E-state index contributed by atoms with van der Waals surface area (Å²) in [4.78, 5) is 22.6. The van der Waals surface area contributed by atoms with E-state index in [2.05, 4.69) is 15.6 Å². The lowest BCUT2D eigenvalue weighted by molar-refractivity contribution is -0.140. The standard InChI is InChI=1S/C23H28F4N6O/c1-12(2)30-22-31-18-11-33(21(28)34)9-7-14(18)20(32-22)19(17-4-3-8-29-17)13-5-6-15(16(24)10-13)23(25,26)27/h5-6,10,12,17,19,29H,3-4,7-9,11H2,1-2H3,(H2,28,34)(H,30,31,32)/t17-,19+/m1/s1. The number of primary amides is 1. The van der Waals surface area contributed by atoms with Crippen LogP contribution in [0.1, 0.15) is 60.7 Å². The highest BCUT2D eigenvalue weighted by atomic mass is 19.4. The van der Waals surface area contributed by atoms with Gasteiger partial charge in [-0.3, -0.25) is 0 Å². The van der Waals surface area contributed by atoms with Gasteiger partial charge >= 0.3 is 12.2 Å². The number of benzene rings is 1. The number of nitrogens with two attached hydrogens (primary N) is 1. The van der Waals surface area contributed by atoms with Crippen LogP contribution in [0.25, 0.3) is 0 Å². The first kappa shape index (κ1) is 24.2. The summed E-state index contributed by atoms with van der Waals surface area (Å²) in [7, 11) is 0. The minimum absolute atomic E-state index is 0.0216. The zero-order valence-electron chi connectivity index (χ0n) is 19.0. The lowest BCUT2D eigenvalue weighted by atomic mass is 9.83. The summed E-state index contributed by atoms with van der Waals surface area (Å²) in [5, 5.41) is 6.58. The van der Waals surface area contributed by atoms with Crippen LogP contribution in [-0.4, -0.2) is 46.1 Å². The number of nitrogens with one attached hydrogen (secondary N) is 2. The zero-order chi connectivity index (χ0) is 24.6. The number of rotatable bonds is 5. The van der Waals surface area contributed by atoms with E-state index < -0.39 is 29.5 Å². The molecule has 34 heavy (non-hydrogen) atoms. The number of nitrogens with zero attached hydrogens (tertiary/aromatic N) is 3. The van der Waals surface area contributed by atoms with Gasteiger partial charge in [-0.25, -0.2) is 19.2 Å². The number of hydrogen-bond donors (Lipinski definition) is 3. The number of urea groups is 1. The number of halogens is 4. The molecule has 4 rings (SSSR count). The highest BCUT2D eigenvalue weighted by Crippen LogP contribution is 2.38. The first-order valence-corrected chi connectivity index (χ1v) is 11.3. The second-order valence-corrected chi connectivity index (χ2v) is 9.08. The van der Waals surface area contributed by atoms with Crippen molar-refractivity contribution in [2.45, 2.75) is 63.8 Å². The molecule has 0 saturated carbocycles. The molecule has 1 aromatic carbocycles. The topological polar surface area (TPSA) is 96.2 Å². The third-order valence-electron chi connectivity index (χ3n) is 6.28. The summed E-state index contributed by atoms with van der Waals surface area (Å²) >= 11 is 0. The van der Waals surface area contributed by atoms with E-state index in [-0.39, 0.29) is 18.6 Å². The van der Waals surface area contributed by atoms with E-state index in [0.717, 1.165) is 37.1 Å². The average Bonchev–Trinajstić information content (AvgIpc) is 3.26. The van der Waals surface area contributed by atoms with Crippen LogP contribution < -0.4 is 16.4 Å². The first-order chi connectivity index (χ1) is 16.0. The summed E-state index contributed by atoms with van der Waals surface area (Å²) in [6.07, 6.45) is -2.66. The molecule has 184 valence electrons. The molecule has 4 N–H and O–H groups in total. The minimum atomic E-state index is -4.77. The van der Waals surface area contributed by atoms with Crippen LogP contribution in [0.4, 0.5) is 28.3 Å². The number of amides is 2. The molecule has 1 aromatic heterocycles. The van der Waals surface area contributed by atoms with Gasteiger partial charge in [0.15, 0.2) is 0 Å². The number of carbonyl (C=O) groups is 1. The molecule has 1 fully saturated rings. The maximum absolute atomic E-state index is 14.6. The molecular weight excluding hydrogens is 452 g/mol. The summed E-state index contributed by atoms with van der Waals surface area (Å²) < 4.78 is 54.1. The van der Waals surface area contributed by atoms with Gasteiger partial charge in [0.2, 0.25) is 5.95 Å². The highest BCUT2D eigenvalue weighted by Gasteiger charge is 2.37. The Bertz CT molecular complexity index is 1070. The molecule has 2 aliphatic rings. The van der Waals surface area contributed by atoms with Crippen molar-refractivity contribution in [3.8, 4) is 0 Å². The van der Waals surface area contributed by atoms with E-state index in [1.54, 1.807) is 0 Å². The predicted molar refractivity (Wildman–Crippen MR) is 119 cm³/mol. The van der Waals surface area contributed by atoms with Gasteiger partial charge < -0.3 is 21.3 Å². The Kier molecular flexibility index (Phi) is 6.66. The summed E-state index contributed by atoms with van der Waals surface area (Å²) in [5.41, 5.74) is 6.70. The normalized spacial score (nSPS) is 19.3. The van der Waals surface area contributed by atoms with Gasteiger partial charge in [-0.15, -0.1) is 0 Å². The molecule has 11 heteroatoms. The molecule has 0 aliphatic carbocycles. The van der Waals surface area contributed by atoms with Crippen molar-refractivity contribution < 1.29 is 22.4 Å². The summed E-state index contributed by atoms with van der Waals surface area (Å²) in [6, 6.07) is 2.44. The van der Waals surface area contributed by atoms with Crippen molar-refractivity contribution >= 4 is 12.0 Å². The second kappa shape index (κ2) is 9.36. The molecule has 0 unspecified atom stereocenters. The van der Waals surface area contributed by atoms with Crippen LogP contribution in [0.15, 0.2) is 18.2 Å². The number of aromatic nitrogens is 2. The smallest absolute Gasteiger partial charge is 0.352 e. The summed E-state index contributed by atoms with van der Waals surface area (Å²) in [6.45, 7) is 5.20. The van der Waals surface area contributed by atoms with Gasteiger partial charge in [0, 0.05) is 24.5 Å².